The predicted octanol–water partition coefficient (Wildman–Crippen LogP) is 3.05. The summed E-state index contributed by atoms with van der Waals surface area (Å²) in [7, 11) is 0. The Kier molecular flexibility index (Phi) is 3.72. The molecule has 1 aliphatic heterocycles. The van der Waals surface area contributed by atoms with Gasteiger partial charge in [-0.05, 0) is 42.9 Å². The van der Waals surface area contributed by atoms with Crippen LogP contribution in [-0.2, 0) is 0 Å². The molecule has 1 fully saturated rings. The van der Waals surface area contributed by atoms with Crippen LogP contribution < -0.4 is 10.6 Å². The van der Waals surface area contributed by atoms with Gasteiger partial charge in [-0.2, -0.15) is 0 Å². The normalized spacial score (nSPS) is 17.8. The number of rotatable bonds is 2. The largest absolute Gasteiger partial charge is 0.371 e. The van der Waals surface area contributed by atoms with Crippen molar-refractivity contribution in [1.82, 2.24) is 0 Å². The van der Waals surface area contributed by atoms with Crippen molar-refractivity contribution < 1.29 is 0 Å². The number of aryl methyl sites for hydroxylation is 1. The lowest BCUT2D eigenvalue weighted by atomic mass is 9.96. The molecule has 1 aromatic carbocycles. The van der Waals surface area contributed by atoms with E-state index in [1.807, 2.05) is 0 Å². The molecule has 0 aromatic heterocycles. The van der Waals surface area contributed by atoms with E-state index < -0.39 is 0 Å². The van der Waals surface area contributed by atoms with Crippen LogP contribution in [0.2, 0.25) is 0 Å². The zero-order valence-electron chi connectivity index (χ0n) is 11.2. The van der Waals surface area contributed by atoms with Gasteiger partial charge in [0, 0.05) is 24.8 Å². The number of nitrogens with two attached hydrogens (primary N) is 1. The lowest BCUT2D eigenvalue weighted by Gasteiger charge is -2.34. The van der Waals surface area contributed by atoms with Crippen molar-refractivity contribution in [3.8, 4) is 0 Å². The van der Waals surface area contributed by atoms with E-state index in [-0.39, 0.29) is 0 Å². The molecule has 0 saturated carbocycles. The molecule has 2 rings (SSSR count). The Hall–Kier alpha value is -1.02. The van der Waals surface area contributed by atoms with E-state index in [1.165, 1.54) is 16.8 Å². The Morgan fingerprint density at radius 3 is 2.47 bits per heavy atom. The lowest BCUT2D eigenvalue weighted by Crippen LogP contribution is -2.40. The highest BCUT2D eigenvalue weighted by atomic mass is 15.1. The molecule has 0 unspecified atom stereocenters. The smallest absolute Gasteiger partial charge is 0.0404 e. The van der Waals surface area contributed by atoms with E-state index in [2.05, 4.69) is 43.9 Å². The third-order valence-corrected chi connectivity index (χ3v) is 3.69. The summed E-state index contributed by atoms with van der Waals surface area (Å²) in [4.78, 5) is 2.51. The van der Waals surface area contributed by atoms with Gasteiger partial charge in [0.2, 0.25) is 0 Å². The van der Waals surface area contributed by atoms with E-state index >= 15 is 0 Å². The van der Waals surface area contributed by atoms with Crippen LogP contribution in [0.3, 0.4) is 0 Å². The third-order valence-electron chi connectivity index (χ3n) is 3.69. The van der Waals surface area contributed by atoms with Gasteiger partial charge >= 0.3 is 0 Å². The number of piperidine rings is 1. The number of hydrogen-bond donors (Lipinski definition) is 1. The van der Waals surface area contributed by atoms with Gasteiger partial charge in [0.05, 0.1) is 0 Å². The summed E-state index contributed by atoms with van der Waals surface area (Å²) in [6.07, 6.45) is 2.23. The molecule has 1 aliphatic rings. The second-order valence-corrected chi connectivity index (χ2v) is 5.54. The summed E-state index contributed by atoms with van der Waals surface area (Å²) in [5.74, 6) is 0.584. The fourth-order valence-electron chi connectivity index (χ4n) is 2.56. The number of nitrogens with zero attached hydrogens (tertiary/aromatic N) is 1. The fraction of sp³-hybridized carbons (Fsp3) is 0.600. The minimum atomic E-state index is 0.401. The zero-order chi connectivity index (χ0) is 12.4. The molecule has 94 valence electrons. The summed E-state index contributed by atoms with van der Waals surface area (Å²) >= 11 is 0. The maximum Gasteiger partial charge on any atom is 0.0404 e. The quantitative estimate of drug-likeness (QED) is 0.849. The Morgan fingerprint density at radius 1 is 1.24 bits per heavy atom. The van der Waals surface area contributed by atoms with E-state index in [4.69, 9.17) is 5.73 Å². The first-order chi connectivity index (χ1) is 8.08. The minimum absolute atomic E-state index is 0.401. The first kappa shape index (κ1) is 12.4. The predicted molar refractivity (Wildman–Crippen MR) is 74.7 cm³/mol. The van der Waals surface area contributed by atoms with Crippen LogP contribution in [0.1, 0.15) is 43.7 Å². The second kappa shape index (κ2) is 5.09. The molecule has 0 radical (unpaired) electrons. The molecular formula is C15H24N2. The SMILES string of the molecule is Cc1ccc(C(C)C)c(N2CCC(N)CC2)c1. The van der Waals surface area contributed by atoms with E-state index in [0.29, 0.717) is 12.0 Å². The molecule has 0 amide bonds. The van der Waals surface area contributed by atoms with Gasteiger partial charge in [-0.1, -0.05) is 26.0 Å². The topological polar surface area (TPSA) is 29.3 Å². The van der Waals surface area contributed by atoms with Gasteiger partial charge in [-0.25, -0.2) is 0 Å². The van der Waals surface area contributed by atoms with Crippen LogP contribution in [0.25, 0.3) is 0 Å². The molecule has 1 heterocycles. The highest BCUT2D eigenvalue weighted by Gasteiger charge is 2.19. The van der Waals surface area contributed by atoms with Crippen molar-refractivity contribution in [3.05, 3.63) is 29.3 Å². The van der Waals surface area contributed by atoms with Crippen LogP contribution in [0.5, 0.6) is 0 Å². The Balaban J connectivity index is 2.26. The molecule has 2 nitrogen and oxygen atoms in total. The fourth-order valence-corrected chi connectivity index (χ4v) is 2.56. The van der Waals surface area contributed by atoms with Crippen molar-refractivity contribution in [1.29, 1.82) is 0 Å². The van der Waals surface area contributed by atoms with Crippen LogP contribution in [0, 0.1) is 6.92 Å². The molecule has 1 aromatic rings. The highest BCUT2D eigenvalue weighted by molar-refractivity contribution is 5.57. The monoisotopic (exact) mass is 232 g/mol. The summed E-state index contributed by atoms with van der Waals surface area (Å²) in [6.45, 7) is 8.91. The van der Waals surface area contributed by atoms with Crippen LogP contribution in [0.4, 0.5) is 5.69 Å². The molecule has 2 heteroatoms. The van der Waals surface area contributed by atoms with Crippen molar-refractivity contribution in [2.24, 2.45) is 5.73 Å². The Bertz CT molecular complexity index is 377. The first-order valence-electron chi connectivity index (χ1n) is 6.69. The zero-order valence-corrected chi connectivity index (χ0v) is 11.2. The summed E-state index contributed by atoms with van der Waals surface area (Å²) in [5.41, 5.74) is 10.2. The van der Waals surface area contributed by atoms with Gasteiger partial charge in [0.25, 0.3) is 0 Å². The lowest BCUT2D eigenvalue weighted by molar-refractivity contribution is 0.500. The summed E-state index contributed by atoms with van der Waals surface area (Å²) in [5, 5.41) is 0. The average Bonchev–Trinajstić information content (AvgIpc) is 2.29. The van der Waals surface area contributed by atoms with Gasteiger partial charge in [-0.15, -0.1) is 0 Å². The molecule has 1 saturated heterocycles. The molecule has 0 bridgehead atoms. The van der Waals surface area contributed by atoms with Gasteiger partial charge in [0.1, 0.15) is 0 Å². The maximum absolute atomic E-state index is 5.98. The van der Waals surface area contributed by atoms with Crippen molar-refractivity contribution in [2.75, 3.05) is 18.0 Å². The Morgan fingerprint density at radius 2 is 1.88 bits per heavy atom. The summed E-state index contributed by atoms with van der Waals surface area (Å²) < 4.78 is 0. The molecule has 0 spiro atoms. The molecular weight excluding hydrogens is 208 g/mol. The summed E-state index contributed by atoms with van der Waals surface area (Å²) in [6, 6.07) is 7.23. The molecule has 0 aliphatic carbocycles. The molecule has 0 atom stereocenters. The highest BCUT2D eigenvalue weighted by Crippen LogP contribution is 2.30. The van der Waals surface area contributed by atoms with E-state index in [1.54, 1.807) is 0 Å². The van der Waals surface area contributed by atoms with E-state index in [0.717, 1.165) is 25.9 Å². The minimum Gasteiger partial charge on any atom is -0.371 e. The van der Waals surface area contributed by atoms with Gasteiger partial charge in [-0.3, -0.25) is 0 Å². The average molecular weight is 232 g/mol. The Labute approximate surface area is 105 Å². The number of hydrogen-bond acceptors (Lipinski definition) is 2. The second-order valence-electron chi connectivity index (χ2n) is 5.54. The van der Waals surface area contributed by atoms with Crippen LogP contribution in [0.15, 0.2) is 18.2 Å². The van der Waals surface area contributed by atoms with E-state index in [9.17, 15) is 0 Å². The van der Waals surface area contributed by atoms with Crippen molar-refractivity contribution >= 4 is 5.69 Å². The first-order valence-corrected chi connectivity index (χ1v) is 6.69. The standard InChI is InChI=1S/C15H24N2/c1-11(2)14-5-4-12(3)10-15(14)17-8-6-13(16)7-9-17/h4-5,10-11,13H,6-9,16H2,1-3H3. The number of anilines is 1. The van der Waals surface area contributed by atoms with Crippen molar-refractivity contribution in [3.63, 3.8) is 0 Å². The molecule has 17 heavy (non-hydrogen) atoms. The van der Waals surface area contributed by atoms with Gasteiger partial charge < -0.3 is 10.6 Å². The van der Waals surface area contributed by atoms with Crippen molar-refractivity contribution in [2.45, 2.75) is 45.6 Å². The van der Waals surface area contributed by atoms with Crippen LogP contribution in [-0.4, -0.2) is 19.1 Å². The van der Waals surface area contributed by atoms with Crippen LogP contribution >= 0.6 is 0 Å². The van der Waals surface area contributed by atoms with Gasteiger partial charge in [0.15, 0.2) is 0 Å². The third kappa shape index (κ3) is 2.81. The molecule has 2 N–H and O–H groups in total. The number of benzene rings is 1. The maximum atomic E-state index is 5.98.